The third kappa shape index (κ3) is 1.46. The number of anilines is 1. The van der Waals surface area contributed by atoms with Gasteiger partial charge in [-0.15, -0.1) is 0 Å². The molecule has 1 amide bonds. The molecule has 1 aliphatic carbocycles. The maximum absolute atomic E-state index is 12.7. The number of hydrogen-bond acceptors (Lipinski definition) is 2. The smallest absolute Gasteiger partial charge is 0.271 e. The average Bonchev–Trinajstić information content (AvgIpc) is 2.73. The Morgan fingerprint density at radius 3 is 2.71 bits per heavy atom. The summed E-state index contributed by atoms with van der Waals surface area (Å²) < 4.78 is -1.95. The molecule has 0 aromatic heterocycles. The van der Waals surface area contributed by atoms with Crippen LogP contribution < -0.4 is 4.90 Å². The van der Waals surface area contributed by atoms with Crippen molar-refractivity contribution in [3.8, 4) is 0 Å². The predicted molar refractivity (Wildman–Crippen MR) is 81.9 cm³/mol. The fourth-order valence-electron chi connectivity index (χ4n) is 4.51. The molecule has 0 spiro atoms. The van der Waals surface area contributed by atoms with Crippen molar-refractivity contribution in [2.45, 2.75) is 42.0 Å². The Balaban J connectivity index is 1.99. The zero-order chi connectivity index (χ0) is 15.0. The van der Waals surface area contributed by atoms with Crippen LogP contribution in [0.15, 0.2) is 24.3 Å². The number of carbonyl (C=O) groups is 2. The Kier molecular flexibility index (Phi) is 2.60. The van der Waals surface area contributed by atoms with Crippen LogP contribution in [0.5, 0.6) is 0 Å². The van der Waals surface area contributed by atoms with Gasteiger partial charge in [0.15, 0.2) is 5.78 Å². The number of ketones is 1. The minimum atomic E-state index is -1.95. The number of Topliss-reactive ketones (excluding diaryl/α,β-unsaturated/α-hetero) is 1. The lowest BCUT2D eigenvalue weighted by Gasteiger charge is -2.49. The van der Waals surface area contributed by atoms with Crippen molar-refractivity contribution in [3.63, 3.8) is 0 Å². The summed E-state index contributed by atoms with van der Waals surface area (Å²) in [7, 11) is 0. The molecule has 3 nitrogen and oxygen atoms in total. The van der Waals surface area contributed by atoms with Crippen molar-refractivity contribution in [3.05, 3.63) is 29.8 Å². The highest BCUT2D eigenvalue weighted by Crippen LogP contribution is 2.57. The fourth-order valence-corrected chi connectivity index (χ4v) is 4.98. The summed E-state index contributed by atoms with van der Waals surface area (Å²) in [5.41, 5.74) is 1.81. The molecule has 1 aromatic carbocycles. The van der Waals surface area contributed by atoms with E-state index in [4.69, 9.17) is 23.2 Å². The summed E-state index contributed by atoms with van der Waals surface area (Å²) >= 11 is 12.2. The van der Waals surface area contributed by atoms with Crippen LogP contribution in [0.1, 0.15) is 31.7 Å². The highest BCUT2D eigenvalue weighted by Gasteiger charge is 2.65. The standard InChI is InChI=1S/C16H15Cl2NO2/c1-15-8-4-5-9-12(15)19(11-7-3-2-6-10(11)15)14(21)16(17,18)13(9)20/h2-3,6-7,9,12H,4-5,8H2,1H3/t9-,12+,15-/m0/s1. The predicted octanol–water partition coefficient (Wildman–Crippen LogP) is 3.22. The van der Waals surface area contributed by atoms with E-state index in [-0.39, 0.29) is 23.2 Å². The number of piperidine rings is 1. The van der Waals surface area contributed by atoms with Gasteiger partial charge in [-0.05, 0) is 24.5 Å². The van der Waals surface area contributed by atoms with Crippen LogP contribution in [0.3, 0.4) is 0 Å². The van der Waals surface area contributed by atoms with E-state index >= 15 is 0 Å². The second-order valence-corrected chi connectivity index (χ2v) is 7.82. The molecule has 3 aliphatic rings. The zero-order valence-electron chi connectivity index (χ0n) is 11.6. The van der Waals surface area contributed by atoms with E-state index in [0.717, 1.165) is 30.5 Å². The second-order valence-electron chi connectivity index (χ2n) is 6.49. The molecule has 1 saturated heterocycles. The van der Waals surface area contributed by atoms with Gasteiger partial charge in [0, 0.05) is 17.0 Å². The Morgan fingerprint density at radius 1 is 1.24 bits per heavy atom. The molecule has 0 N–H and O–H groups in total. The number of para-hydroxylation sites is 1. The highest BCUT2D eigenvalue weighted by molar-refractivity contribution is 6.69. The van der Waals surface area contributed by atoms with Gasteiger partial charge in [-0.25, -0.2) is 0 Å². The van der Waals surface area contributed by atoms with E-state index in [1.807, 2.05) is 18.2 Å². The van der Waals surface area contributed by atoms with Crippen molar-refractivity contribution >= 4 is 40.6 Å². The maximum Gasteiger partial charge on any atom is 0.271 e. The number of benzene rings is 1. The Bertz CT molecular complexity index is 672. The molecule has 1 saturated carbocycles. The molecule has 2 fully saturated rings. The summed E-state index contributed by atoms with van der Waals surface area (Å²) in [6, 6.07) is 7.72. The lowest BCUT2D eigenvalue weighted by Crippen LogP contribution is -2.66. The lowest BCUT2D eigenvalue weighted by atomic mass is 9.63. The van der Waals surface area contributed by atoms with Crippen LogP contribution in [0.25, 0.3) is 0 Å². The largest absolute Gasteiger partial charge is 0.304 e. The first-order valence-corrected chi connectivity index (χ1v) is 8.00. The van der Waals surface area contributed by atoms with Gasteiger partial charge in [0.2, 0.25) is 0 Å². The molecule has 110 valence electrons. The maximum atomic E-state index is 12.7. The minimum absolute atomic E-state index is 0.144. The van der Waals surface area contributed by atoms with Crippen molar-refractivity contribution < 1.29 is 9.59 Å². The number of amides is 1. The van der Waals surface area contributed by atoms with Gasteiger partial charge in [-0.2, -0.15) is 0 Å². The number of rotatable bonds is 0. The Morgan fingerprint density at radius 2 is 1.95 bits per heavy atom. The summed E-state index contributed by atoms with van der Waals surface area (Å²) in [5.74, 6) is -1.09. The van der Waals surface area contributed by atoms with Crippen LogP contribution >= 0.6 is 23.2 Å². The van der Waals surface area contributed by atoms with Crippen LogP contribution in [0, 0.1) is 5.92 Å². The first kappa shape index (κ1) is 13.6. The molecule has 0 radical (unpaired) electrons. The summed E-state index contributed by atoms with van der Waals surface area (Å²) in [6.07, 6.45) is 2.67. The molecule has 1 aromatic rings. The Hall–Kier alpha value is -1.06. The molecule has 0 unspecified atom stereocenters. The summed E-state index contributed by atoms with van der Waals surface area (Å²) in [4.78, 5) is 27.0. The zero-order valence-corrected chi connectivity index (χ0v) is 13.1. The van der Waals surface area contributed by atoms with Gasteiger partial charge in [-0.3, -0.25) is 9.59 Å². The molecule has 0 bridgehead atoms. The van der Waals surface area contributed by atoms with E-state index in [1.54, 1.807) is 4.90 Å². The highest BCUT2D eigenvalue weighted by atomic mass is 35.5. The van der Waals surface area contributed by atoms with E-state index in [0.29, 0.717) is 0 Å². The lowest BCUT2D eigenvalue weighted by molar-refractivity contribution is -0.136. The number of alkyl halides is 2. The van der Waals surface area contributed by atoms with Crippen LogP contribution in [0.2, 0.25) is 0 Å². The topological polar surface area (TPSA) is 37.4 Å². The van der Waals surface area contributed by atoms with Gasteiger partial charge in [0.1, 0.15) is 0 Å². The molecule has 2 heterocycles. The third-order valence-electron chi connectivity index (χ3n) is 5.44. The van der Waals surface area contributed by atoms with Crippen LogP contribution in [-0.2, 0) is 15.0 Å². The number of fused-ring (bicyclic) bond motifs is 3. The molecular weight excluding hydrogens is 309 g/mol. The first-order valence-electron chi connectivity index (χ1n) is 7.24. The Labute approximate surface area is 133 Å². The number of nitrogens with zero attached hydrogens (tertiary/aromatic N) is 1. The SMILES string of the molecule is C[C@]12CCC[C@@H]3C(=O)C(Cl)(Cl)C(=O)N(c4ccccc41)[C@H]32. The van der Waals surface area contributed by atoms with Gasteiger partial charge in [0.05, 0.1) is 6.04 Å². The monoisotopic (exact) mass is 323 g/mol. The van der Waals surface area contributed by atoms with Gasteiger partial charge >= 0.3 is 0 Å². The van der Waals surface area contributed by atoms with Crippen molar-refractivity contribution in [1.82, 2.24) is 0 Å². The molecular formula is C16H15Cl2NO2. The second kappa shape index (κ2) is 4.02. The van der Waals surface area contributed by atoms with E-state index < -0.39 is 10.2 Å². The molecule has 2 aliphatic heterocycles. The van der Waals surface area contributed by atoms with Crippen LogP contribution in [-0.4, -0.2) is 22.1 Å². The molecule has 5 heteroatoms. The normalized spacial score (nSPS) is 36.4. The molecule has 3 atom stereocenters. The van der Waals surface area contributed by atoms with Crippen molar-refractivity contribution in [2.75, 3.05) is 4.90 Å². The third-order valence-corrected chi connectivity index (χ3v) is 6.13. The van der Waals surface area contributed by atoms with Crippen molar-refractivity contribution in [2.24, 2.45) is 5.92 Å². The summed E-state index contributed by atoms with van der Waals surface area (Å²) in [5, 5.41) is 0. The molecule has 21 heavy (non-hydrogen) atoms. The fraction of sp³-hybridized carbons (Fsp3) is 0.500. The van der Waals surface area contributed by atoms with E-state index in [1.165, 1.54) is 0 Å². The number of halogens is 2. The molecule has 4 rings (SSSR count). The van der Waals surface area contributed by atoms with Gasteiger partial charge < -0.3 is 4.90 Å². The van der Waals surface area contributed by atoms with E-state index in [9.17, 15) is 9.59 Å². The first-order chi connectivity index (χ1) is 9.89. The van der Waals surface area contributed by atoms with Gasteiger partial charge in [-0.1, -0.05) is 54.7 Å². The minimum Gasteiger partial charge on any atom is -0.304 e. The quantitative estimate of drug-likeness (QED) is 0.543. The van der Waals surface area contributed by atoms with Gasteiger partial charge in [0.25, 0.3) is 10.2 Å². The summed E-state index contributed by atoms with van der Waals surface area (Å²) in [6.45, 7) is 2.15. The number of hydrogen-bond donors (Lipinski definition) is 0. The van der Waals surface area contributed by atoms with E-state index in [2.05, 4.69) is 13.0 Å². The van der Waals surface area contributed by atoms with Crippen molar-refractivity contribution in [1.29, 1.82) is 0 Å². The average molecular weight is 324 g/mol. The van der Waals surface area contributed by atoms with Crippen LogP contribution in [0.4, 0.5) is 5.69 Å². The number of carbonyl (C=O) groups excluding carboxylic acids is 2.